The molecule has 0 saturated carbocycles. The minimum Gasteiger partial charge on any atom is -0.385 e. The van der Waals surface area contributed by atoms with E-state index in [-0.39, 0.29) is 0 Å². The zero-order valence-corrected chi connectivity index (χ0v) is 10.7. The van der Waals surface area contributed by atoms with Crippen molar-refractivity contribution in [2.75, 3.05) is 37.9 Å². The fraction of sp³-hybridized carbons (Fsp3) is 0.545. The maximum Gasteiger partial charge on any atom is 0.226 e. The van der Waals surface area contributed by atoms with E-state index in [0.29, 0.717) is 5.95 Å². The zero-order chi connectivity index (χ0) is 12.8. The predicted molar refractivity (Wildman–Crippen MR) is 70.8 cm³/mol. The maximum atomic E-state index is 5.01. The molecule has 0 amide bonds. The Morgan fingerprint density at radius 1 is 1.33 bits per heavy atom. The molecule has 0 aliphatic rings. The quantitative estimate of drug-likeness (QED) is 0.641. The van der Waals surface area contributed by atoms with Gasteiger partial charge in [-0.05, 0) is 12.8 Å². The van der Waals surface area contributed by atoms with Crippen LogP contribution in [0, 0.1) is 0 Å². The van der Waals surface area contributed by atoms with E-state index in [1.54, 1.807) is 20.4 Å². The van der Waals surface area contributed by atoms with Crippen molar-refractivity contribution in [2.45, 2.75) is 12.8 Å². The fourth-order valence-electron chi connectivity index (χ4n) is 1.66. The first kappa shape index (κ1) is 12.6. The number of aromatic amines is 1. The van der Waals surface area contributed by atoms with Gasteiger partial charge in [0.2, 0.25) is 5.95 Å². The number of methoxy groups -OCH3 is 1. The van der Waals surface area contributed by atoms with Gasteiger partial charge in [0.05, 0.1) is 11.6 Å². The van der Waals surface area contributed by atoms with Gasteiger partial charge in [0.15, 0.2) is 5.65 Å². The Hall–Kier alpha value is -1.89. The molecule has 2 aromatic rings. The van der Waals surface area contributed by atoms with Crippen LogP contribution in [0.2, 0.25) is 0 Å². The van der Waals surface area contributed by atoms with Gasteiger partial charge in [0.25, 0.3) is 0 Å². The Kier molecular flexibility index (Phi) is 4.30. The number of nitrogens with one attached hydrogen (secondary N) is 3. The van der Waals surface area contributed by atoms with Gasteiger partial charge in [-0.3, -0.25) is 5.10 Å². The second-order valence-corrected chi connectivity index (χ2v) is 3.90. The summed E-state index contributed by atoms with van der Waals surface area (Å²) < 4.78 is 5.01. The number of ether oxygens (including phenoxy) is 1. The van der Waals surface area contributed by atoms with Crippen LogP contribution >= 0.6 is 0 Å². The standard InChI is InChI=1S/C11H18N6O/c1-12-11-15-9(13-5-3-4-6-18-2)8-7-14-17-10(8)16-11/h7H,3-6H2,1-2H3,(H3,12,13,14,15,16,17). The molecule has 0 aromatic carbocycles. The molecule has 0 unspecified atom stereocenters. The lowest BCUT2D eigenvalue weighted by Gasteiger charge is -2.07. The number of unbranched alkanes of at least 4 members (excludes halogenated alkanes) is 1. The molecular weight excluding hydrogens is 232 g/mol. The number of aromatic nitrogens is 4. The van der Waals surface area contributed by atoms with Crippen LogP contribution in [0.3, 0.4) is 0 Å². The van der Waals surface area contributed by atoms with Crippen molar-refractivity contribution in [3.63, 3.8) is 0 Å². The number of nitrogens with zero attached hydrogens (tertiary/aromatic N) is 3. The van der Waals surface area contributed by atoms with Crippen LogP contribution in [-0.4, -0.2) is 47.5 Å². The lowest BCUT2D eigenvalue weighted by molar-refractivity contribution is 0.194. The topological polar surface area (TPSA) is 87.8 Å². The monoisotopic (exact) mass is 250 g/mol. The lowest BCUT2D eigenvalue weighted by Crippen LogP contribution is -2.07. The summed E-state index contributed by atoms with van der Waals surface area (Å²) in [5, 5.41) is 14.0. The molecule has 0 radical (unpaired) electrons. The number of hydrogen-bond acceptors (Lipinski definition) is 6. The molecule has 98 valence electrons. The fourth-order valence-corrected chi connectivity index (χ4v) is 1.66. The van der Waals surface area contributed by atoms with E-state index in [1.807, 2.05) is 0 Å². The average molecular weight is 250 g/mol. The summed E-state index contributed by atoms with van der Waals surface area (Å²) in [6.45, 7) is 1.64. The Bertz CT molecular complexity index is 497. The van der Waals surface area contributed by atoms with E-state index in [1.165, 1.54) is 0 Å². The first-order chi connectivity index (χ1) is 8.85. The predicted octanol–water partition coefficient (Wildman–Crippen LogP) is 1.23. The third-order valence-corrected chi connectivity index (χ3v) is 2.60. The van der Waals surface area contributed by atoms with Crippen LogP contribution in [0.4, 0.5) is 11.8 Å². The summed E-state index contributed by atoms with van der Waals surface area (Å²) in [4.78, 5) is 8.66. The van der Waals surface area contributed by atoms with Crippen LogP contribution in [0.15, 0.2) is 6.20 Å². The summed E-state index contributed by atoms with van der Waals surface area (Å²) in [7, 11) is 3.51. The van der Waals surface area contributed by atoms with Crippen LogP contribution in [0.1, 0.15) is 12.8 Å². The van der Waals surface area contributed by atoms with E-state index >= 15 is 0 Å². The molecule has 0 bridgehead atoms. The smallest absolute Gasteiger partial charge is 0.226 e. The molecule has 0 aliphatic carbocycles. The molecule has 0 saturated heterocycles. The highest BCUT2D eigenvalue weighted by molar-refractivity contribution is 5.86. The van der Waals surface area contributed by atoms with Crippen molar-refractivity contribution in [3.05, 3.63) is 6.20 Å². The molecule has 18 heavy (non-hydrogen) atoms. The molecule has 3 N–H and O–H groups in total. The second kappa shape index (κ2) is 6.15. The van der Waals surface area contributed by atoms with Crippen molar-refractivity contribution in [1.29, 1.82) is 0 Å². The third kappa shape index (κ3) is 2.86. The highest BCUT2D eigenvalue weighted by atomic mass is 16.5. The number of anilines is 2. The summed E-state index contributed by atoms with van der Waals surface area (Å²) in [6, 6.07) is 0. The van der Waals surface area contributed by atoms with Crippen LogP contribution < -0.4 is 10.6 Å². The van der Waals surface area contributed by atoms with Gasteiger partial charge < -0.3 is 15.4 Å². The Morgan fingerprint density at radius 2 is 2.22 bits per heavy atom. The third-order valence-electron chi connectivity index (χ3n) is 2.60. The number of rotatable bonds is 7. The van der Waals surface area contributed by atoms with E-state index in [0.717, 1.165) is 42.8 Å². The van der Waals surface area contributed by atoms with E-state index in [2.05, 4.69) is 30.8 Å². The van der Waals surface area contributed by atoms with Gasteiger partial charge in [-0.15, -0.1) is 0 Å². The molecule has 0 spiro atoms. The van der Waals surface area contributed by atoms with Crippen molar-refractivity contribution in [3.8, 4) is 0 Å². The number of hydrogen-bond donors (Lipinski definition) is 3. The molecule has 2 aromatic heterocycles. The Morgan fingerprint density at radius 3 is 3.00 bits per heavy atom. The van der Waals surface area contributed by atoms with Gasteiger partial charge in [0.1, 0.15) is 5.82 Å². The van der Waals surface area contributed by atoms with Crippen molar-refractivity contribution in [1.82, 2.24) is 20.2 Å². The lowest BCUT2D eigenvalue weighted by atomic mass is 10.3. The van der Waals surface area contributed by atoms with E-state index < -0.39 is 0 Å². The van der Waals surface area contributed by atoms with Crippen molar-refractivity contribution >= 4 is 22.8 Å². The second-order valence-electron chi connectivity index (χ2n) is 3.90. The van der Waals surface area contributed by atoms with Gasteiger partial charge in [-0.2, -0.15) is 15.1 Å². The van der Waals surface area contributed by atoms with Gasteiger partial charge in [-0.25, -0.2) is 0 Å². The SMILES string of the molecule is CNc1nc(NCCCCOC)c2cn[nH]c2n1. The molecule has 0 aliphatic heterocycles. The first-order valence-corrected chi connectivity index (χ1v) is 5.97. The summed E-state index contributed by atoms with van der Waals surface area (Å²) in [5.74, 6) is 1.38. The van der Waals surface area contributed by atoms with Gasteiger partial charge in [-0.1, -0.05) is 0 Å². The van der Waals surface area contributed by atoms with Crippen molar-refractivity contribution < 1.29 is 4.74 Å². The highest BCUT2D eigenvalue weighted by Crippen LogP contribution is 2.19. The molecular formula is C11H18N6O. The molecule has 0 atom stereocenters. The average Bonchev–Trinajstić information content (AvgIpc) is 2.86. The Labute approximate surface area is 105 Å². The molecule has 7 nitrogen and oxygen atoms in total. The molecule has 0 fully saturated rings. The van der Waals surface area contributed by atoms with Gasteiger partial charge >= 0.3 is 0 Å². The zero-order valence-electron chi connectivity index (χ0n) is 10.7. The highest BCUT2D eigenvalue weighted by Gasteiger charge is 2.07. The van der Waals surface area contributed by atoms with E-state index in [9.17, 15) is 0 Å². The van der Waals surface area contributed by atoms with Crippen LogP contribution in [0.5, 0.6) is 0 Å². The minimum atomic E-state index is 0.575. The van der Waals surface area contributed by atoms with Crippen LogP contribution in [-0.2, 0) is 4.74 Å². The first-order valence-electron chi connectivity index (χ1n) is 5.97. The normalized spacial score (nSPS) is 10.8. The summed E-state index contributed by atoms with van der Waals surface area (Å²) in [5.41, 5.74) is 0.730. The Balaban J connectivity index is 2.04. The van der Waals surface area contributed by atoms with Crippen LogP contribution in [0.25, 0.3) is 11.0 Å². The number of fused-ring (bicyclic) bond motifs is 1. The summed E-state index contributed by atoms with van der Waals surface area (Å²) >= 11 is 0. The molecule has 7 heteroatoms. The van der Waals surface area contributed by atoms with Gasteiger partial charge in [0, 0.05) is 27.3 Å². The molecule has 2 heterocycles. The van der Waals surface area contributed by atoms with E-state index in [4.69, 9.17) is 4.74 Å². The number of H-pyrrole nitrogens is 1. The maximum absolute atomic E-state index is 5.01. The summed E-state index contributed by atoms with van der Waals surface area (Å²) in [6.07, 6.45) is 3.79. The largest absolute Gasteiger partial charge is 0.385 e. The minimum absolute atomic E-state index is 0.575. The van der Waals surface area contributed by atoms with Crippen molar-refractivity contribution in [2.24, 2.45) is 0 Å². The molecule has 2 rings (SSSR count).